The van der Waals surface area contributed by atoms with Crippen molar-refractivity contribution in [3.63, 3.8) is 0 Å². The van der Waals surface area contributed by atoms with Crippen LogP contribution in [0, 0.1) is 35.5 Å². The Bertz CT molecular complexity index is 718. The Labute approximate surface area is 121 Å². The Kier molecular flexibility index (Phi) is 1.41. The molecule has 6 aliphatic rings. The van der Waals surface area contributed by atoms with E-state index in [2.05, 4.69) is 0 Å². The van der Waals surface area contributed by atoms with Crippen molar-refractivity contribution < 1.29 is 19.1 Å². The molecule has 2 bridgehead atoms. The summed E-state index contributed by atoms with van der Waals surface area (Å²) in [6, 6.07) is 9.70. The van der Waals surface area contributed by atoms with E-state index < -0.39 is 11.0 Å². The molecule has 5 saturated carbocycles. The van der Waals surface area contributed by atoms with Gasteiger partial charge in [-0.15, -0.1) is 0 Å². The SMILES string of the molecule is COC(=O)C12OC(=O)C1(c1ccccc1)[C@@H]1C3C4C([C@@H]43)[C@@H]12. The average Bonchev–Trinajstić information content (AvgIpc) is 3.34. The highest BCUT2D eigenvalue weighted by atomic mass is 16.6. The van der Waals surface area contributed by atoms with Crippen LogP contribution in [0.5, 0.6) is 0 Å². The first-order valence-corrected chi connectivity index (χ1v) is 7.58. The molecule has 6 fully saturated rings. The quantitative estimate of drug-likeness (QED) is 0.763. The van der Waals surface area contributed by atoms with E-state index in [1.807, 2.05) is 30.3 Å². The third kappa shape index (κ3) is 0.738. The molecule has 0 spiro atoms. The van der Waals surface area contributed by atoms with Gasteiger partial charge in [0, 0.05) is 5.92 Å². The maximum absolute atomic E-state index is 12.5. The molecular weight excluding hydrogens is 268 g/mol. The molecule has 0 aromatic heterocycles. The van der Waals surface area contributed by atoms with Crippen LogP contribution in [0.3, 0.4) is 0 Å². The van der Waals surface area contributed by atoms with Gasteiger partial charge in [0.05, 0.1) is 7.11 Å². The van der Waals surface area contributed by atoms with Gasteiger partial charge in [0.1, 0.15) is 5.41 Å². The Hall–Kier alpha value is -1.84. The summed E-state index contributed by atoms with van der Waals surface area (Å²) in [7, 11) is 1.39. The highest BCUT2D eigenvalue weighted by Crippen LogP contribution is 2.96. The Morgan fingerprint density at radius 3 is 2.38 bits per heavy atom. The molecule has 0 N–H and O–H groups in total. The highest BCUT2D eigenvalue weighted by Gasteiger charge is 3.03. The summed E-state index contributed by atoms with van der Waals surface area (Å²) < 4.78 is 10.6. The Morgan fingerprint density at radius 1 is 1.10 bits per heavy atom. The van der Waals surface area contributed by atoms with E-state index in [-0.39, 0.29) is 17.9 Å². The molecule has 7 rings (SSSR count). The minimum Gasteiger partial charge on any atom is -0.466 e. The first-order chi connectivity index (χ1) is 10.2. The van der Waals surface area contributed by atoms with Crippen LogP contribution in [-0.4, -0.2) is 24.6 Å². The lowest BCUT2D eigenvalue weighted by Gasteiger charge is -2.69. The lowest BCUT2D eigenvalue weighted by molar-refractivity contribution is -0.299. The lowest BCUT2D eigenvalue weighted by Crippen LogP contribution is -2.88. The van der Waals surface area contributed by atoms with E-state index >= 15 is 0 Å². The van der Waals surface area contributed by atoms with Crippen LogP contribution in [0.1, 0.15) is 5.56 Å². The van der Waals surface area contributed by atoms with Crippen molar-refractivity contribution in [2.45, 2.75) is 11.0 Å². The molecule has 1 saturated heterocycles. The topological polar surface area (TPSA) is 52.6 Å². The zero-order valence-electron chi connectivity index (χ0n) is 11.5. The average molecular weight is 282 g/mol. The largest absolute Gasteiger partial charge is 0.466 e. The molecule has 1 heterocycles. The zero-order chi connectivity index (χ0) is 14.1. The number of methoxy groups -OCH3 is 1. The van der Waals surface area contributed by atoms with Gasteiger partial charge in [0.25, 0.3) is 0 Å². The van der Waals surface area contributed by atoms with Crippen molar-refractivity contribution in [3.05, 3.63) is 35.9 Å². The van der Waals surface area contributed by atoms with Crippen molar-refractivity contribution in [2.24, 2.45) is 35.5 Å². The molecule has 4 nitrogen and oxygen atoms in total. The van der Waals surface area contributed by atoms with Crippen LogP contribution in [0.2, 0.25) is 0 Å². The molecule has 1 aromatic rings. The first kappa shape index (κ1) is 10.8. The molecular formula is C17H14O4. The van der Waals surface area contributed by atoms with E-state index in [1.165, 1.54) is 7.11 Å². The second-order valence-electron chi connectivity index (χ2n) is 7.15. The fourth-order valence-electron chi connectivity index (χ4n) is 6.40. The van der Waals surface area contributed by atoms with Crippen LogP contribution in [0.25, 0.3) is 0 Å². The van der Waals surface area contributed by atoms with Crippen LogP contribution in [0.4, 0.5) is 0 Å². The number of fused-ring (bicyclic) bond motifs is 1. The minimum absolute atomic E-state index is 0.197. The van der Waals surface area contributed by atoms with E-state index in [1.54, 1.807) is 0 Å². The fraction of sp³-hybridized carbons (Fsp3) is 0.529. The molecule has 21 heavy (non-hydrogen) atoms. The third-order valence-corrected chi connectivity index (χ3v) is 7.01. The number of hydrogen-bond donors (Lipinski definition) is 0. The smallest absolute Gasteiger partial charge is 0.352 e. The summed E-state index contributed by atoms with van der Waals surface area (Å²) in [6.45, 7) is 0. The van der Waals surface area contributed by atoms with Crippen molar-refractivity contribution in [1.29, 1.82) is 0 Å². The normalized spacial score (nSPS) is 56.0. The second-order valence-corrected chi connectivity index (χ2v) is 7.15. The number of esters is 2. The van der Waals surface area contributed by atoms with Crippen molar-refractivity contribution >= 4 is 11.9 Å². The summed E-state index contributed by atoms with van der Waals surface area (Å²) in [6.07, 6.45) is 0. The predicted octanol–water partition coefficient (Wildman–Crippen LogP) is 1.14. The van der Waals surface area contributed by atoms with E-state index in [0.717, 1.165) is 17.4 Å². The molecule has 1 aliphatic heterocycles. The molecule has 8 atom stereocenters. The van der Waals surface area contributed by atoms with Crippen molar-refractivity contribution in [3.8, 4) is 0 Å². The van der Waals surface area contributed by atoms with Gasteiger partial charge in [-0.05, 0) is 35.2 Å². The standard InChI is InChI=1S/C17H14O4/c1-20-15(19)17-13-11-8-9(11)10(8)12(13)16(17,14(18)21-17)7-5-3-2-4-6-7/h2-6,8-13H,1H3/t8-,9?,10?,11?,12+,13-,16?,17?/m0/s1. The molecule has 106 valence electrons. The number of ether oxygens (including phenoxy) is 2. The monoisotopic (exact) mass is 282 g/mol. The van der Waals surface area contributed by atoms with Crippen LogP contribution in [0.15, 0.2) is 30.3 Å². The second kappa shape index (κ2) is 2.74. The molecule has 5 aliphatic carbocycles. The first-order valence-electron chi connectivity index (χ1n) is 7.58. The Morgan fingerprint density at radius 2 is 1.76 bits per heavy atom. The van der Waals surface area contributed by atoms with E-state index in [0.29, 0.717) is 17.8 Å². The van der Waals surface area contributed by atoms with E-state index in [4.69, 9.17) is 9.47 Å². The summed E-state index contributed by atoms with van der Waals surface area (Å²) in [5.74, 6) is 2.65. The van der Waals surface area contributed by atoms with Gasteiger partial charge in [0.2, 0.25) is 5.60 Å². The van der Waals surface area contributed by atoms with Gasteiger partial charge < -0.3 is 9.47 Å². The number of rotatable bonds is 2. The number of benzene rings is 1. The molecule has 4 heteroatoms. The highest BCUT2D eigenvalue weighted by molar-refractivity contribution is 6.07. The van der Waals surface area contributed by atoms with Gasteiger partial charge >= 0.3 is 11.9 Å². The van der Waals surface area contributed by atoms with Gasteiger partial charge in [-0.1, -0.05) is 30.3 Å². The molecule has 0 amide bonds. The molecule has 5 unspecified atom stereocenters. The lowest BCUT2D eigenvalue weighted by atomic mass is 9.39. The molecule has 0 radical (unpaired) electrons. The zero-order valence-corrected chi connectivity index (χ0v) is 11.5. The predicted molar refractivity (Wildman–Crippen MR) is 69.9 cm³/mol. The summed E-state index contributed by atoms with van der Waals surface area (Å²) in [5.41, 5.74) is -0.872. The fourth-order valence-corrected chi connectivity index (χ4v) is 6.40. The van der Waals surface area contributed by atoms with Crippen LogP contribution >= 0.6 is 0 Å². The number of carbonyl (C=O) groups excluding carboxylic acids is 2. The van der Waals surface area contributed by atoms with Crippen LogP contribution in [-0.2, 0) is 24.5 Å². The third-order valence-electron chi connectivity index (χ3n) is 7.01. The van der Waals surface area contributed by atoms with Gasteiger partial charge in [-0.2, -0.15) is 0 Å². The molecule has 1 aromatic carbocycles. The number of carbonyl (C=O) groups is 2. The maximum atomic E-state index is 12.5. The van der Waals surface area contributed by atoms with Gasteiger partial charge in [-0.3, -0.25) is 4.79 Å². The minimum atomic E-state index is -1.03. The number of hydrogen-bond acceptors (Lipinski definition) is 4. The maximum Gasteiger partial charge on any atom is 0.352 e. The van der Waals surface area contributed by atoms with Crippen LogP contribution < -0.4 is 0 Å². The summed E-state index contributed by atoms with van der Waals surface area (Å²) in [5, 5.41) is 0. The van der Waals surface area contributed by atoms with Gasteiger partial charge in [0.15, 0.2) is 0 Å². The van der Waals surface area contributed by atoms with E-state index in [9.17, 15) is 9.59 Å². The summed E-state index contributed by atoms with van der Waals surface area (Å²) >= 11 is 0. The van der Waals surface area contributed by atoms with Gasteiger partial charge in [-0.25, -0.2) is 4.79 Å². The Balaban J connectivity index is 1.60. The summed E-state index contributed by atoms with van der Waals surface area (Å²) in [4.78, 5) is 25.0. The van der Waals surface area contributed by atoms with Crippen molar-refractivity contribution in [2.75, 3.05) is 7.11 Å². The van der Waals surface area contributed by atoms with Crippen molar-refractivity contribution in [1.82, 2.24) is 0 Å².